The summed E-state index contributed by atoms with van der Waals surface area (Å²) in [7, 11) is 1.72. The van der Waals surface area contributed by atoms with Crippen LogP contribution in [0.4, 0.5) is 4.39 Å². The quantitative estimate of drug-likeness (QED) is 0.639. The van der Waals surface area contributed by atoms with E-state index in [2.05, 4.69) is 4.98 Å². The molecule has 3 nitrogen and oxygen atoms in total. The maximum Gasteiger partial charge on any atom is 0.257 e. The molecule has 0 saturated heterocycles. The van der Waals surface area contributed by atoms with Crippen LogP contribution in [-0.2, 0) is 12.8 Å². The van der Waals surface area contributed by atoms with E-state index in [-0.39, 0.29) is 11.4 Å². The number of rotatable bonds is 3. The first kappa shape index (κ1) is 13.8. The molecule has 0 N–H and O–H groups in total. The van der Waals surface area contributed by atoms with E-state index in [1.54, 1.807) is 30.7 Å². The third kappa shape index (κ3) is 3.04. The summed E-state index contributed by atoms with van der Waals surface area (Å²) in [6, 6.07) is 6.34. The largest absolute Gasteiger partial charge is 0.291 e. The molecule has 0 fully saturated rings. The van der Waals surface area contributed by atoms with Gasteiger partial charge in [0.05, 0.1) is 0 Å². The highest BCUT2D eigenvalue weighted by Gasteiger charge is 2.08. The molecule has 2 rings (SSSR count). The van der Waals surface area contributed by atoms with Crippen LogP contribution in [0.15, 0.2) is 34.2 Å². The van der Waals surface area contributed by atoms with Gasteiger partial charge >= 0.3 is 0 Å². The van der Waals surface area contributed by atoms with Crippen LogP contribution in [0.2, 0.25) is 0 Å². The second-order valence-electron chi connectivity index (χ2n) is 4.38. The zero-order valence-corrected chi connectivity index (χ0v) is 11.9. The van der Waals surface area contributed by atoms with Crippen LogP contribution in [0.3, 0.4) is 0 Å². The van der Waals surface area contributed by atoms with Crippen molar-refractivity contribution in [3.63, 3.8) is 0 Å². The van der Waals surface area contributed by atoms with E-state index >= 15 is 0 Å². The van der Waals surface area contributed by atoms with Gasteiger partial charge in [0.2, 0.25) is 0 Å². The summed E-state index contributed by atoms with van der Waals surface area (Å²) < 4.78 is 14.4. The number of aryl methyl sites for hydroxylation is 1. The van der Waals surface area contributed by atoms with E-state index in [0.717, 1.165) is 11.3 Å². The van der Waals surface area contributed by atoms with E-state index in [9.17, 15) is 9.18 Å². The molecule has 0 atom stereocenters. The fraction of sp³-hybridized carbons (Fsp3) is 0.286. The van der Waals surface area contributed by atoms with Crippen molar-refractivity contribution in [2.75, 3.05) is 0 Å². The lowest BCUT2D eigenvalue weighted by Crippen LogP contribution is -2.23. The minimum atomic E-state index is -0.245. The fourth-order valence-electron chi connectivity index (χ4n) is 1.65. The Balaban J connectivity index is 2.20. The topological polar surface area (TPSA) is 34.9 Å². The van der Waals surface area contributed by atoms with Crippen molar-refractivity contribution in [1.29, 1.82) is 0 Å². The van der Waals surface area contributed by atoms with Crippen LogP contribution in [-0.4, -0.2) is 9.55 Å². The van der Waals surface area contributed by atoms with E-state index in [4.69, 9.17) is 0 Å². The van der Waals surface area contributed by atoms with Crippen LogP contribution in [0.5, 0.6) is 0 Å². The van der Waals surface area contributed by atoms with Crippen molar-refractivity contribution in [3.05, 3.63) is 57.3 Å². The van der Waals surface area contributed by atoms with Crippen molar-refractivity contribution in [1.82, 2.24) is 9.55 Å². The maximum atomic E-state index is 12.8. The van der Waals surface area contributed by atoms with Crippen molar-refractivity contribution < 1.29 is 4.39 Å². The molecule has 0 spiro atoms. The number of nitrogens with zero attached hydrogens (tertiary/aromatic N) is 2. The van der Waals surface area contributed by atoms with Crippen LogP contribution in [0.25, 0.3) is 0 Å². The van der Waals surface area contributed by atoms with Gasteiger partial charge in [0, 0.05) is 24.1 Å². The molecular formula is C14H15FN2OS. The van der Waals surface area contributed by atoms with Gasteiger partial charge in [0.25, 0.3) is 5.56 Å². The van der Waals surface area contributed by atoms with Crippen molar-refractivity contribution in [2.24, 2.45) is 7.05 Å². The Morgan fingerprint density at radius 2 is 1.89 bits per heavy atom. The molecule has 0 aliphatic heterocycles. The first-order chi connectivity index (χ1) is 8.99. The minimum absolute atomic E-state index is 0.0193. The van der Waals surface area contributed by atoms with Crippen molar-refractivity contribution >= 4 is 11.8 Å². The predicted molar refractivity (Wildman–Crippen MR) is 74.9 cm³/mol. The second-order valence-corrected chi connectivity index (χ2v) is 5.33. The van der Waals surface area contributed by atoms with Crippen LogP contribution >= 0.6 is 11.8 Å². The Kier molecular flexibility index (Phi) is 4.04. The minimum Gasteiger partial charge on any atom is -0.291 e. The summed E-state index contributed by atoms with van der Waals surface area (Å²) in [5.74, 6) is 0.411. The van der Waals surface area contributed by atoms with Crippen molar-refractivity contribution in [2.45, 2.75) is 24.8 Å². The molecule has 0 saturated carbocycles. The van der Waals surface area contributed by atoms with Gasteiger partial charge in [-0.15, -0.1) is 0 Å². The third-order valence-electron chi connectivity index (χ3n) is 3.00. The molecule has 1 aromatic heterocycles. The maximum absolute atomic E-state index is 12.8. The monoisotopic (exact) mass is 278 g/mol. The molecule has 100 valence electrons. The SMILES string of the molecule is Cc1nc(SCc2ccc(F)cc2)n(C)c(=O)c1C. The van der Waals surface area contributed by atoms with Gasteiger partial charge in [0.1, 0.15) is 5.82 Å². The van der Waals surface area contributed by atoms with Gasteiger partial charge in [-0.2, -0.15) is 0 Å². The highest BCUT2D eigenvalue weighted by atomic mass is 32.2. The molecular weight excluding hydrogens is 263 g/mol. The van der Waals surface area contributed by atoms with Crippen LogP contribution in [0.1, 0.15) is 16.8 Å². The Bertz CT molecular complexity index is 650. The lowest BCUT2D eigenvalue weighted by Gasteiger charge is -2.09. The van der Waals surface area contributed by atoms with Gasteiger partial charge in [0.15, 0.2) is 5.16 Å². The van der Waals surface area contributed by atoms with Crippen molar-refractivity contribution in [3.8, 4) is 0 Å². The molecule has 5 heteroatoms. The van der Waals surface area contributed by atoms with E-state index in [1.165, 1.54) is 23.9 Å². The molecule has 0 aliphatic carbocycles. The van der Waals surface area contributed by atoms with Crippen LogP contribution in [0, 0.1) is 19.7 Å². The summed E-state index contributed by atoms with van der Waals surface area (Å²) >= 11 is 1.47. The second kappa shape index (κ2) is 5.57. The molecule has 0 bridgehead atoms. The molecule has 0 amide bonds. The lowest BCUT2D eigenvalue weighted by atomic mass is 10.2. The zero-order valence-electron chi connectivity index (χ0n) is 11.1. The van der Waals surface area contributed by atoms with E-state index in [0.29, 0.717) is 16.5 Å². The van der Waals surface area contributed by atoms with Gasteiger partial charge in [-0.1, -0.05) is 23.9 Å². The van der Waals surface area contributed by atoms with Gasteiger partial charge < -0.3 is 0 Å². The summed E-state index contributed by atoms with van der Waals surface area (Å²) in [6.45, 7) is 3.61. The summed E-state index contributed by atoms with van der Waals surface area (Å²) in [5, 5.41) is 0.678. The Morgan fingerprint density at radius 3 is 2.53 bits per heavy atom. The third-order valence-corrected chi connectivity index (χ3v) is 4.10. The van der Waals surface area contributed by atoms with Crippen LogP contribution < -0.4 is 5.56 Å². The summed E-state index contributed by atoms with van der Waals surface area (Å²) in [4.78, 5) is 16.3. The molecule has 0 radical (unpaired) electrons. The van der Waals surface area contributed by atoms with Gasteiger partial charge in [-0.25, -0.2) is 9.37 Å². The zero-order chi connectivity index (χ0) is 14.0. The average Bonchev–Trinajstić information content (AvgIpc) is 2.41. The summed E-state index contributed by atoms with van der Waals surface area (Å²) in [6.07, 6.45) is 0. The normalized spacial score (nSPS) is 10.7. The molecule has 1 heterocycles. The predicted octanol–water partition coefficient (Wildman–Crippen LogP) is 2.83. The number of hydrogen-bond donors (Lipinski definition) is 0. The highest BCUT2D eigenvalue weighted by Crippen LogP contribution is 2.20. The fourth-order valence-corrected chi connectivity index (χ4v) is 2.62. The number of halogens is 1. The van der Waals surface area contributed by atoms with E-state index < -0.39 is 0 Å². The average molecular weight is 278 g/mol. The van der Waals surface area contributed by atoms with Gasteiger partial charge in [-0.3, -0.25) is 9.36 Å². The first-order valence-corrected chi connectivity index (χ1v) is 6.89. The smallest absolute Gasteiger partial charge is 0.257 e. The standard InChI is InChI=1S/C14H15FN2OS/c1-9-10(2)16-14(17(3)13(9)18)19-8-11-4-6-12(15)7-5-11/h4-7H,8H2,1-3H3. The molecule has 1 aromatic carbocycles. The van der Waals surface area contributed by atoms with Gasteiger partial charge in [-0.05, 0) is 31.5 Å². The van der Waals surface area contributed by atoms with E-state index in [1.807, 2.05) is 6.92 Å². The molecule has 19 heavy (non-hydrogen) atoms. The molecule has 0 unspecified atom stereocenters. The number of thioether (sulfide) groups is 1. The molecule has 0 aliphatic rings. The Hall–Kier alpha value is -1.62. The Morgan fingerprint density at radius 1 is 1.26 bits per heavy atom. The summed E-state index contributed by atoms with van der Waals surface area (Å²) in [5.41, 5.74) is 2.41. The highest BCUT2D eigenvalue weighted by molar-refractivity contribution is 7.98. The Labute approximate surface area is 115 Å². The number of benzene rings is 1. The number of aromatic nitrogens is 2. The first-order valence-electron chi connectivity index (χ1n) is 5.90. The number of hydrogen-bond acceptors (Lipinski definition) is 3. The molecule has 2 aromatic rings. The lowest BCUT2D eigenvalue weighted by molar-refractivity contribution is 0.627.